The van der Waals surface area contributed by atoms with Gasteiger partial charge < -0.3 is 18.9 Å². The third-order valence-corrected chi connectivity index (χ3v) is 6.66. The molecule has 0 amide bonds. The predicted molar refractivity (Wildman–Crippen MR) is 142 cm³/mol. The molecule has 1 aromatic heterocycles. The molecule has 5 heteroatoms. The minimum atomic E-state index is 0.348. The van der Waals surface area contributed by atoms with Crippen LogP contribution in [0, 0.1) is 19.8 Å². The number of hydrogen-bond acceptors (Lipinski definition) is 5. The van der Waals surface area contributed by atoms with Gasteiger partial charge in [-0.3, -0.25) is 0 Å². The monoisotopic (exact) mass is 483 g/mol. The Morgan fingerprint density at radius 3 is 2.39 bits per heavy atom. The van der Waals surface area contributed by atoms with Gasteiger partial charge in [-0.05, 0) is 62.4 Å². The van der Waals surface area contributed by atoms with Crippen molar-refractivity contribution in [3.63, 3.8) is 0 Å². The lowest BCUT2D eigenvalue weighted by Gasteiger charge is -2.22. The SMILES string of the molecule is Cc1ccc2nc(COc3cccc(OCC4CCOCC4)c3)c(C)c(OCc3ccccc3)c2c1. The van der Waals surface area contributed by atoms with Crippen LogP contribution in [0.15, 0.2) is 72.8 Å². The van der Waals surface area contributed by atoms with Crippen molar-refractivity contribution in [2.75, 3.05) is 19.8 Å². The van der Waals surface area contributed by atoms with Crippen molar-refractivity contribution < 1.29 is 18.9 Å². The smallest absolute Gasteiger partial charge is 0.134 e. The van der Waals surface area contributed by atoms with E-state index in [9.17, 15) is 0 Å². The van der Waals surface area contributed by atoms with Gasteiger partial charge in [-0.25, -0.2) is 4.98 Å². The highest BCUT2D eigenvalue weighted by Gasteiger charge is 2.16. The zero-order valence-electron chi connectivity index (χ0n) is 21.0. The number of nitrogens with zero attached hydrogens (tertiary/aromatic N) is 1. The van der Waals surface area contributed by atoms with Gasteiger partial charge in [0.25, 0.3) is 0 Å². The molecular formula is C31H33NO4. The fourth-order valence-electron chi connectivity index (χ4n) is 4.48. The average molecular weight is 484 g/mol. The number of benzene rings is 3. The zero-order chi connectivity index (χ0) is 24.7. The Bertz CT molecular complexity index is 1300. The molecule has 2 heterocycles. The van der Waals surface area contributed by atoms with E-state index in [2.05, 4.69) is 38.1 Å². The number of ether oxygens (including phenoxy) is 4. The van der Waals surface area contributed by atoms with Gasteiger partial charge in [0.15, 0.2) is 0 Å². The summed E-state index contributed by atoms with van der Waals surface area (Å²) in [6, 6.07) is 24.3. The molecule has 1 aliphatic heterocycles. The fourth-order valence-corrected chi connectivity index (χ4v) is 4.48. The highest BCUT2D eigenvalue weighted by atomic mass is 16.5. The van der Waals surface area contributed by atoms with Crippen LogP contribution in [0.1, 0.15) is 35.2 Å². The molecule has 3 aromatic carbocycles. The second kappa shape index (κ2) is 11.4. The second-order valence-corrected chi connectivity index (χ2v) is 9.44. The van der Waals surface area contributed by atoms with Crippen molar-refractivity contribution in [2.45, 2.75) is 39.9 Å². The number of hydrogen-bond donors (Lipinski definition) is 0. The molecule has 0 aliphatic carbocycles. The summed E-state index contributed by atoms with van der Waals surface area (Å²) in [7, 11) is 0. The second-order valence-electron chi connectivity index (χ2n) is 9.44. The highest BCUT2D eigenvalue weighted by Crippen LogP contribution is 2.33. The van der Waals surface area contributed by atoms with Crippen LogP contribution in [0.25, 0.3) is 10.9 Å². The minimum Gasteiger partial charge on any atom is -0.493 e. The van der Waals surface area contributed by atoms with Crippen molar-refractivity contribution >= 4 is 10.9 Å². The normalized spacial score (nSPS) is 14.1. The molecule has 36 heavy (non-hydrogen) atoms. The summed E-state index contributed by atoms with van der Waals surface area (Å²) in [4.78, 5) is 4.92. The molecule has 1 aliphatic rings. The Morgan fingerprint density at radius 1 is 0.806 bits per heavy atom. The first-order valence-corrected chi connectivity index (χ1v) is 12.7. The van der Waals surface area contributed by atoms with Gasteiger partial charge in [-0.1, -0.05) is 48.0 Å². The molecule has 0 N–H and O–H groups in total. The number of aryl methyl sites for hydroxylation is 1. The Balaban J connectivity index is 1.32. The average Bonchev–Trinajstić information content (AvgIpc) is 2.92. The van der Waals surface area contributed by atoms with E-state index in [1.54, 1.807) is 0 Å². The Morgan fingerprint density at radius 2 is 1.58 bits per heavy atom. The van der Waals surface area contributed by atoms with Crippen LogP contribution in [0.4, 0.5) is 0 Å². The van der Waals surface area contributed by atoms with Crippen LogP contribution >= 0.6 is 0 Å². The van der Waals surface area contributed by atoms with E-state index in [0.29, 0.717) is 25.7 Å². The fraction of sp³-hybridized carbons (Fsp3) is 0.323. The zero-order valence-corrected chi connectivity index (χ0v) is 21.0. The van der Waals surface area contributed by atoms with Gasteiger partial charge >= 0.3 is 0 Å². The topological polar surface area (TPSA) is 49.8 Å². The molecule has 0 bridgehead atoms. The summed E-state index contributed by atoms with van der Waals surface area (Å²) < 4.78 is 24.0. The van der Waals surface area contributed by atoms with E-state index in [0.717, 1.165) is 71.0 Å². The molecule has 0 atom stereocenters. The molecule has 1 saturated heterocycles. The largest absolute Gasteiger partial charge is 0.493 e. The van der Waals surface area contributed by atoms with Crippen LogP contribution in [0.5, 0.6) is 17.2 Å². The summed E-state index contributed by atoms with van der Waals surface area (Å²) in [6.07, 6.45) is 2.11. The lowest BCUT2D eigenvalue weighted by atomic mass is 10.0. The molecule has 5 nitrogen and oxygen atoms in total. The first-order valence-electron chi connectivity index (χ1n) is 12.7. The number of fused-ring (bicyclic) bond motifs is 1. The molecule has 1 fully saturated rings. The third kappa shape index (κ3) is 5.97. The van der Waals surface area contributed by atoms with E-state index in [-0.39, 0.29) is 0 Å². The maximum Gasteiger partial charge on any atom is 0.134 e. The molecule has 0 unspecified atom stereocenters. The molecule has 186 valence electrons. The van der Waals surface area contributed by atoms with E-state index >= 15 is 0 Å². The van der Waals surface area contributed by atoms with E-state index < -0.39 is 0 Å². The molecule has 4 aromatic rings. The van der Waals surface area contributed by atoms with Gasteiger partial charge in [0.05, 0.1) is 17.8 Å². The molecule has 0 radical (unpaired) electrons. The van der Waals surface area contributed by atoms with Crippen molar-refractivity contribution in [3.8, 4) is 17.2 Å². The quantitative estimate of drug-likeness (QED) is 0.262. The van der Waals surface area contributed by atoms with Gasteiger partial charge in [-0.2, -0.15) is 0 Å². The molecule has 5 rings (SSSR count). The lowest BCUT2D eigenvalue weighted by molar-refractivity contribution is 0.0497. The van der Waals surface area contributed by atoms with Crippen molar-refractivity contribution in [2.24, 2.45) is 5.92 Å². The Labute approximate surface area is 213 Å². The molecule has 0 saturated carbocycles. The summed E-state index contributed by atoms with van der Waals surface area (Å²) in [5.74, 6) is 2.99. The Hall–Kier alpha value is -3.57. The van der Waals surface area contributed by atoms with Gasteiger partial charge in [-0.15, -0.1) is 0 Å². The third-order valence-electron chi connectivity index (χ3n) is 6.66. The van der Waals surface area contributed by atoms with Crippen LogP contribution in [0.3, 0.4) is 0 Å². The van der Waals surface area contributed by atoms with Crippen molar-refractivity contribution in [1.82, 2.24) is 4.98 Å². The predicted octanol–water partition coefficient (Wildman–Crippen LogP) is 6.82. The lowest BCUT2D eigenvalue weighted by Crippen LogP contribution is -2.21. The number of rotatable bonds is 9. The maximum absolute atomic E-state index is 6.37. The van der Waals surface area contributed by atoms with Crippen molar-refractivity contribution in [1.29, 1.82) is 0 Å². The van der Waals surface area contributed by atoms with Gasteiger partial charge in [0, 0.05) is 30.2 Å². The molecule has 0 spiro atoms. The van der Waals surface area contributed by atoms with Crippen molar-refractivity contribution in [3.05, 3.63) is 95.2 Å². The summed E-state index contributed by atoms with van der Waals surface area (Å²) in [5.41, 5.74) is 5.07. The van der Waals surface area contributed by atoms with E-state index in [4.69, 9.17) is 23.9 Å². The number of pyridine rings is 1. The summed E-state index contributed by atoms with van der Waals surface area (Å²) >= 11 is 0. The summed E-state index contributed by atoms with van der Waals surface area (Å²) in [6.45, 7) is 7.35. The van der Waals surface area contributed by atoms with Crippen LogP contribution in [0.2, 0.25) is 0 Å². The first-order chi connectivity index (χ1) is 17.7. The van der Waals surface area contributed by atoms with E-state index in [1.165, 1.54) is 5.56 Å². The van der Waals surface area contributed by atoms with E-state index in [1.807, 2.05) is 48.5 Å². The van der Waals surface area contributed by atoms with Gasteiger partial charge in [0.2, 0.25) is 0 Å². The molecular weight excluding hydrogens is 450 g/mol. The maximum atomic E-state index is 6.37. The summed E-state index contributed by atoms with van der Waals surface area (Å²) in [5, 5.41) is 1.02. The highest BCUT2D eigenvalue weighted by molar-refractivity contribution is 5.87. The van der Waals surface area contributed by atoms with Crippen LogP contribution in [-0.2, 0) is 18.0 Å². The standard InChI is InChI=1S/C31H33NO4/c1-22-11-12-29-28(17-22)31(36-20-24-7-4-3-5-8-24)23(2)30(32-29)21-35-27-10-6-9-26(18-27)34-19-25-13-15-33-16-14-25/h3-12,17-18,25H,13-16,19-21H2,1-2H3. The Kier molecular flexibility index (Phi) is 7.67. The number of aromatic nitrogens is 1. The van der Waals surface area contributed by atoms with Crippen LogP contribution < -0.4 is 14.2 Å². The van der Waals surface area contributed by atoms with Crippen LogP contribution in [-0.4, -0.2) is 24.8 Å². The van der Waals surface area contributed by atoms with Gasteiger partial charge in [0.1, 0.15) is 30.5 Å². The first kappa shape index (κ1) is 24.1. The minimum absolute atomic E-state index is 0.348.